The van der Waals surface area contributed by atoms with Gasteiger partial charge in [-0.2, -0.15) is 0 Å². The van der Waals surface area contributed by atoms with Crippen molar-refractivity contribution in [2.24, 2.45) is 23.2 Å². The summed E-state index contributed by atoms with van der Waals surface area (Å²) >= 11 is 5.89. The molecule has 1 nitrogen and oxygen atoms in total. The molecule has 112 valence electrons. The van der Waals surface area contributed by atoms with Crippen LogP contribution in [-0.4, -0.2) is 4.99 Å². The molecule has 1 aromatic rings. The van der Waals surface area contributed by atoms with Crippen LogP contribution in [0.15, 0.2) is 30.3 Å². The van der Waals surface area contributed by atoms with E-state index >= 15 is 0 Å². The number of nitrogens with one attached hydrogen (secondary N) is 1. The van der Waals surface area contributed by atoms with Crippen LogP contribution in [0.25, 0.3) is 0 Å². The highest BCUT2D eigenvalue weighted by Crippen LogP contribution is 2.58. The van der Waals surface area contributed by atoms with E-state index in [1.54, 1.807) is 0 Å². The molecule has 0 amide bonds. The van der Waals surface area contributed by atoms with Crippen LogP contribution in [0.2, 0.25) is 0 Å². The first-order chi connectivity index (χ1) is 10.2. The fourth-order valence-electron chi connectivity index (χ4n) is 5.44. The van der Waals surface area contributed by atoms with Gasteiger partial charge in [0.25, 0.3) is 0 Å². The van der Waals surface area contributed by atoms with Crippen LogP contribution in [0.5, 0.6) is 0 Å². The van der Waals surface area contributed by atoms with Gasteiger partial charge in [0.15, 0.2) is 0 Å². The number of benzene rings is 1. The third kappa shape index (κ3) is 2.63. The Morgan fingerprint density at radius 3 is 2.29 bits per heavy atom. The minimum absolute atomic E-state index is 0.344. The number of fused-ring (bicyclic) bond motifs is 1. The Bertz CT molecular complexity index is 508. The van der Waals surface area contributed by atoms with Gasteiger partial charge in [-0.3, -0.25) is 0 Å². The van der Waals surface area contributed by atoms with Crippen molar-refractivity contribution in [3.05, 3.63) is 35.9 Å². The lowest BCUT2D eigenvalue weighted by atomic mass is 9.58. The average Bonchev–Trinajstić information content (AvgIpc) is 2.72. The molecule has 0 radical (unpaired) electrons. The summed E-state index contributed by atoms with van der Waals surface area (Å²) in [6.07, 6.45) is 9.98. The van der Waals surface area contributed by atoms with E-state index in [1.807, 2.05) is 0 Å². The smallest absolute Gasteiger partial charge is 0.0819 e. The minimum atomic E-state index is 0.344. The Morgan fingerprint density at radius 2 is 1.62 bits per heavy atom. The highest BCUT2D eigenvalue weighted by molar-refractivity contribution is 7.80. The van der Waals surface area contributed by atoms with Gasteiger partial charge < -0.3 is 5.32 Å². The summed E-state index contributed by atoms with van der Waals surface area (Å²) in [5.41, 5.74) is 1.68. The number of thiocarbonyl (C=S) groups is 1. The normalized spacial score (nSPS) is 37.2. The van der Waals surface area contributed by atoms with Crippen molar-refractivity contribution in [1.29, 1.82) is 0 Å². The van der Waals surface area contributed by atoms with Gasteiger partial charge in [0, 0.05) is 12.0 Å². The van der Waals surface area contributed by atoms with Crippen LogP contribution in [0.4, 0.5) is 0 Å². The molecular weight excluding hydrogens is 274 g/mol. The van der Waals surface area contributed by atoms with Gasteiger partial charge in [-0.1, -0.05) is 55.4 Å². The first kappa shape index (κ1) is 13.8. The summed E-state index contributed by atoms with van der Waals surface area (Å²) in [6.45, 7) is 0.890. The zero-order valence-electron chi connectivity index (χ0n) is 12.7. The lowest BCUT2D eigenvalue weighted by Crippen LogP contribution is -2.47. The second-order valence-electron chi connectivity index (χ2n) is 7.71. The van der Waals surface area contributed by atoms with Gasteiger partial charge in [-0.05, 0) is 55.4 Å². The molecule has 4 aliphatic rings. The molecule has 2 heteroatoms. The molecule has 4 saturated carbocycles. The van der Waals surface area contributed by atoms with Gasteiger partial charge >= 0.3 is 0 Å². The predicted molar refractivity (Wildman–Crippen MR) is 91.1 cm³/mol. The minimum Gasteiger partial charge on any atom is -0.375 e. The standard InChI is InChI=1S/C19H25NS/c21-18(20-13-14-4-2-1-3-5-14)19-10-15-6-7-16(11-19)9-17(8-15)12-19/h1-5,15-17H,6-13H2,(H,20,21)/t15-,16-,17?,19?/m1/s1. The van der Waals surface area contributed by atoms with E-state index in [4.69, 9.17) is 12.2 Å². The summed E-state index contributed by atoms with van der Waals surface area (Å²) in [6, 6.07) is 10.7. The van der Waals surface area contributed by atoms with Gasteiger partial charge in [0.05, 0.1) is 4.99 Å². The first-order valence-corrected chi connectivity index (χ1v) is 8.97. The number of rotatable bonds is 3. The van der Waals surface area contributed by atoms with Crippen LogP contribution >= 0.6 is 12.2 Å². The SMILES string of the molecule is S=C(NCc1ccccc1)C12CC3C[C@@H](CC[C@H](C3)C1)C2. The van der Waals surface area contributed by atoms with Gasteiger partial charge in [0.1, 0.15) is 0 Å². The highest BCUT2D eigenvalue weighted by atomic mass is 32.1. The maximum Gasteiger partial charge on any atom is 0.0819 e. The molecule has 21 heavy (non-hydrogen) atoms. The van der Waals surface area contributed by atoms with Gasteiger partial charge in [0.2, 0.25) is 0 Å². The maximum absolute atomic E-state index is 5.89. The molecular formula is C19H25NS. The number of hydrogen-bond acceptors (Lipinski definition) is 1. The van der Waals surface area contributed by atoms with Crippen LogP contribution < -0.4 is 5.32 Å². The van der Waals surface area contributed by atoms with E-state index in [-0.39, 0.29) is 0 Å². The second kappa shape index (κ2) is 5.39. The number of hydrogen-bond donors (Lipinski definition) is 1. The van der Waals surface area contributed by atoms with E-state index in [0.717, 1.165) is 24.3 Å². The zero-order valence-corrected chi connectivity index (χ0v) is 13.5. The third-order valence-electron chi connectivity index (χ3n) is 6.13. The summed E-state index contributed by atoms with van der Waals surface area (Å²) in [5.74, 6) is 2.86. The predicted octanol–water partition coefficient (Wildman–Crippen LogP) is 4.71. The first-order valence-electron chi connectivity index (χ1n) is 8.56. The molecule has 4 bridgehead atoms. The van der Waals surface area contributed by atoms with Gasteiger partial charge in [-0.25, -0.2) is 0 Å². The van der Waals surface area contributed by atoms with Crippen molar-refractivity contribution in [1.82, 2.24) is 5.32 Å². The molecule has 0 aromatic heterocycles. The summed E-state index contributed by atoms with van der Waals surface area (Å²) in [5, 5.41) is 3.62. The maximum atomic E-state index is 5.89. The summed E-state index contributed by atoms with van der Waals surface area (Å²) in [4.78, 5) is 1.17. The summed E-state index contributed by atoms with van der Waals surface area (Å²) in [7, 11) is 0. The molecule has 4 aliphatic carbocycles. The molecule has 1 N–H and O–H groups in total. The lowest BCUT2D eigenvalue weighted by molar-refractivity contribution is 0.0895. The van der Waals surface area contributed by atoms with Crippen molar-refractivity contribution >= 4 is 17.2 Å². The van der Waals surface area contributed by atoms with Gasteiger partial charge in [-0.15, -0.1) is 0 Å². The third-order valence-corrected chi connectivity index (χ3v) is 6.71. The fourth-order valence-corrected chi connectivity index (χ4v) is 5.76. The fraction of sp³-hybridized carbons (Fsp3) is 0.632. The molecule has 5 rings (SSSR count). The molecule has 0 aliphatic heterocycles. The Morgan fingerprint density at radius 1 is 1.00 bits per heavy atom. The highest BCUT2D eigenvalue weighted by Gasteiger charge is 2.50. The van der Waals surface area contributed by atoms with Crippen molar-refractivity contribution < 1.29 is 0 Å². The van der Waals surface area contributed by atoms with Crippen LogP contribution in [-0.2, 0) is 6.54 Å². The Labute approximate surface area is 133 Å². The van der Waals surface area contributed by atoms with Crippen molar-refractivity contribution in [2.75, 3.05) is 0 Å². The quantitative estimate of drug-likeness (QED) is 0.811. The van der Waals surface area contributed by atoms with Crippen LogP contribution in [0.3, 0.4) is 0 Å². The van der Waals surface area contributed by atoms with Crippen molar-refractivity contribution in [3.8, 4) is 0 Å². The molecule has 1 aromatic carbocycles. The van der Waals surface area contributed by atoms with E-state index in [1.165, 1.54) is 55.5 Å². The molecule has 0 heterocycles. The van der Waals surface area contributed by atoms with E-state index in [2.05, 4.69) is 35.6 Å². The van der Waals surface area contributed by atoms with Crippen LogP contribution in [0.1, 0.15) is 50.5 Å². The van der Waals surface area contributed by atoms with E-state index in [0.29, 0.717) is 5.41 Å². The monoisotopic (exact) mass is 299 g/mol. The van der Waals surface area contributed by atoms with Crippen molar-refractivity contribution in [2.45, 2.75) is 51.5 Å². The Kier molecular flexibility index (Phi) is 3.53. The lowest BCUT2D eigenvalue weighted by Gasteiger charge is -2.48. The molecule has 4 fully saturated rings. The molecule has 0 unspecified atom stereocenters. The Hall–Kier alpha value is -0.890. The van der Waals surface area contributed by atoms with E-state index in [9.17, 15) is 0 Å². The second-order valence-corrected chi connectivity index (χ2v) is 8.12. The molecule has 2 atom stereocenters. The molecule has 0 spiro atoms. The zero-order chi connectivity index (χ0) is 14.3. The topological polar surface area (TPSA) is 12.0 Å². The van der Waals surface area contributed by atoms with E-state index < -0.39 is 0 Å². The average molecular weight is 299 g/mol. The van der Waals surface area contributed by atoms with Crippen LogP contribution in [0, 0.1) is 23.2 Å². The largest absolute Gasteiger partial charge is 0.375 e. The Balaban J connectivity index is 1.48. The van der Waals surface area contributed by atoms with Crippen molar-refractivity contribution in [3.63, 3.8) is 0 Å². The summed E-state index contributed by atoms with van der Waals surface area (Å²) < 4.78 is 0. The molecule has 0 saturated heterocycles.